The molecule has 2 aromatic rings. The van der Waals surface area contributed by atoms with E-state index in [-0.39, 0.29) is 5.69 Å². The van der Waals surface area contributed by atoms with Gasteiger partial charge in [-0.25, -0.2) is 13.6 Å². The van der Waals surface area contributed by atoms with Crippen LogP contribution in [0.15, 0.2) is 42.5 Å². The normalized spacial score (nSPS) is 10.2. The number of benzene rings is 2. The zero-order valence-corrected chi connectivity index (χ0v) is 11.8. The summed E-state index contributed by atoms with van der Waals surface area (Å²) in [6.45, 7) is 0.370. The summed E-state index contributed by atoms with van der Waals surface area (Å²) in [6, 6.07) is 9.69. The molecule has 0 spiro atoms. The second kappa shape index (κ2) is 7.04. The molecule has 21 heavy (non-hydrogen) atoms. The van der Waals surface area contributed by atoms with Crippen LogP contribution < -0.4 is 10.6 Å². The molecule has 6 heteroatoms. The first-order valence-electron chi connectivity index (χ1n) is 6.29. The van der Waals surface area contributed by atoms with E-state index in [0.717, 1.165) is 11.6 Å². The van der Waals surface area contributed by atoms with Gasteiger partial charge < -0.3 is 10.6 Å². The highest BCUT2D eigenvalue weighted by atomic mass is 35.5. The Morgan fingerprint density at radius 3 is 2.67 bits per heavy atom. The largest absolute Gasteiger partial charge is 0.338 e. The van der Waals surface area contributed by atoms with Gasteiger partial charge in [0.2, 0.25) is 0 Å². The molecule has 2 aromatic carbocycles. The predicted octanol–water partition coefficient (Wildman–Crippen LogP) is 3.98. The molecule has 2 rings (SSSR count). The number of hydrogen-bond donors (Lipinski definition) is 2. The molecule has 0 aliphatic rings. The van der Waals surface area contributed by atoms with Crippen molar-refractivity contribution in [3.8, 4) is 0 Å². The average Bonchev–Trinajstić information content (AvgIpc) is 2.42. The van der Waals surface area contributed by atoms with Crippen LogP contribution in [0.5, 0.6) is 0 Å². The molecule has 0 aliphatic heterocycles. The van der Waals surface area contributed by atoms with Crippen LogP contribution in [0.4, 0.5) is 19.3 Å². The minimum atomic E-state index is -0.819. The highest BCUT2D eigenvalue weighted by Crippen LogP contribution is 2.14. The van der Waals surface area contributed by atoms with Crippen molar-refractivity contribution in [2.75, 3.05) is 11.9 Å². The van der Waals surface area contributed by atoms with Crippen molar-refractivity contribution in [3.63, 3.8) is 0 Å². The molecule has 0 aliphatic carbocycles. The van der Waals surface area contributed by atoms with Crippen molar-refractivity contribution >= 4 is 23.3 Å². The van der Waals surface area contributed by atoms with Gasteiger partial charge in [-0.1, -0.05) is 23.7 Å². The van der Waals surface area contributed by atoms with E-state index in [1.807, 2.05) is 12.1 Å². The molecule has 0 fully saturated rings. The van der Waals surface area contributed by atoms with E-state index >= 15 is 0 Å². The Morgan fingerprint density at radius 1 is 1.14 bits per heavy atom. The van der Waals surface area contributed by atoms with Gasteiger partial charge in [0.1, 0.15) is 11.6 Å². The number of urea groups is 1. The van der Waals surface area contributed by atoms with Crippen molar-refractivity contribution in [1.82, 2.24) is 5.32 Å². The summed E-state index contributed by atoms with van der Waals surface area (Å²) in [4.78, 5) is 11.6. The highest BCUT2D eigenvalue weighted by molar-refractivity contribution is 6.30. The lowest BCUT2D eigenvalue weighted by Gasteiger charge is -2.08. The van der Waals surface area contributed by atoms with Crippen LogP contribution in [0.3, 0.4) is 0 Å². The van der Waals surface area contributed by atoms with Gasteiger partial charge in [0, 0.05) is 17.6 Å². The third-order valence-corrected chi connectivity index (χ3v) is 3.00. The summed E-state index contributed by atoms with van der Waals surface area (Å²) in [6.07, 6.45) is 0.597. The number of carbonyl (C=O) groups is 1. The number of nitrogens with one attached hydrogen (secondary N) is 2. The Kier molecular flexibility index (Phi) is 5.11. The third kappa shape index (κ3) is 4.72. The van der Waals surface area contributed by atoms with Gasteiger partial charge in [0.15, 0.2) is 0 Å². The van der Waals surface area contributed by atoms with E-state index in [2.05, 4.69) is 10.6 Å². The second-order valence-electron chi connectivity index (χ2n) is 4.38. The molecule has 0 heterocycles. The summed E-state index contributed by atoms with van der Waals surface area (Å²) in [7, 11) is 0. The molecule has 0 unspecified atom stereocenters. The number of anilines is 1. The van der Waals surface area contributed by atoms with E-state index < -0.39 is 17.7 Å². The number of halogens is 3. The standard InChI is InChI=1S/C15H13ClF2N2O/c16-11-3-1-2-10(8-11)6-7-19-15(21)20-14-5-4-12(17)9-13(14)18/h1-5,8-9H,6-7H2,(H2,19,20,21). The van der Waals surface area contributed by atoms with Crippen LogP contribution in [0.1, 0.15) is 5.56 Å². The minimum Gasteiger partial charge on any atom is -0.338 e. The molecule has 0 saturated carbocycles. The first-order chi connectivity index (χ1) is 10.0. The fourth-order valence-electron chi connectivity index (χ4n) is 1.77. The van der Waals surface area contributed by atoms with Crippen LogP contribution in [0, 0.1) is 11.6 Å². The number of rotatable bonds is 4. The van der Waals surface area contributed by atoms with Gasteiger partial charge in [-0.05, 0) is 36.2 Å². The molecular weight excluding hydrogens is 298 g/mol. The van der Waals surface area contributed by atoms with Gasteiger partial charge >= 0.3 is 6.03 Å². The lowest BCUT2D eigenvalue weighted by Crippen LogP contribution is -2.30. The zero-order valence-electron chi connectivity index (χ0n) is 11.0. The molecule has 2 amide bonds. The van der Waals surface area contributed by atoms with Gasteiger partial charge in [0.25, 0.3) is 0 Å². The smallest absolute Gasteiger partial charge is 0.319 e. The molecule has 0 saturated heterocycles. The fourth-order valence-corrected chi connectivity index (χ4v) is 1.98. The van der Waals surface area contributed by atoms with Crippen LogP contribution in [0.2, 0.25) is 5.02 Å². The molecule has 0 aromatic heterocycles. The lowest BCUT2D eigenvalue weighted by molar-refractivity contribution is 0.252. The summed E-state index contributed by atoms with van der Waals surface area (Å²) in [5, 5.41) is 5.53. The van der Waals surface area contributed by atoms with Crippen molar-refractivity contribution < 1.29 is 13.6 Å². The molecule has 0 radical (unpaired) electrons. The molecule has 0 atom stereocenters. The van der Waals surface area contributed by atoms with Crippen molar-refractivity contribution in [1.29, 1.82) is 0 Å². The number of carbonyl (C=O) groups excluding carboxylic acids is 1. The maximum absolute atomic E-state index is 13.3. The topological polar surface area (TPSA) is 41.1 Å². The van der Waals surface area contributed by atoms with E-state index in [4.69, 9.17) is 11.6 Å². The first-order valence-corrected chi connectivity index (χ1v) is 6.67. The summed E-state index contributed by atoms with van der Waals surface area (Å²) in [5.41, 5.74) is 0.910. The Balaban J connectivity index is 1.82. The van der Waals surface area contributed by atoms with E-state index in [0.29, 0.717) is 24.1 Å². The van der Waals surface area contributed by atoms with Crippen LogP contribution in [0.25, 0.3) is 0 Å². The maximum Gasteiger partial charge on any atom is 0.319 e. The van der Waals surface area contributed by atoms with Crippen molar-refractivity contribution in [2.45, 2.75) is 6.42 Å². The molecule has 0 bridgehead atoms. The van der Waals surface area contributed by atoms with Crippen LogP contribution in [-0.4, -0.2) is 12.6 Å². The third-order valence-electron chi connectivity index (χ3n) is 2.77. The molecule has 2 N–H and O–H groups in total. The predicted molar refractivity (Wildman–Crippen MR) is 78.5 cm³/mol. The highest BCUT2D eigenvalue weighted by Gasteiger charge is 2.07. The van der Waals surface area contributed by atoms with E-state index in [1.165, 1.54) is 6.07 Å². The van der Waals surface area contributed by atoms with E-state index in [1.54, 1.807) is 12.1 Å². The summed E-state index contributed by atoms with van der Waals surface area (Å²) < 4.78 is 26.1. The molecule has 110 valence electrons. The zero-order chi connectivity index (χ0) is 15.2. The SMILES string of the molecule is O=C(NCCc1cccc(Cl)c1)Nc1ccc(F)cc1F. The number of amides is 2. The second-order valence-corrected chi connectivity index (χ2v) is 4.82. The Labute approximate surface area is 125 Å². The Hall–Kier alpha value is -2.14. The lowest BCUT2D eigenvalue weighted by atomic mass is 10.1. The number of hydrogen-bond acceptors (Lipinski definition) is 1. The van der Waals surface area contributed by atoms with Gasteiger partial charge in [-0.3, -0.25) is 0 Å². The minimum absolute atomic E-state index is 0.0725. The van der Waals surface area contributed by atoms with Gasteiger partial charge in [-0.15, -0.1) is 0 Å². The Bertz CT molecular complexity index is 649. The maximum atomic E-state index is 13.3. The average molecular weight is 311 g/mol. The first kappa shape index (κ1) is 15.3. The fraction of sp³-hybridized carbons (Fsp3) is 0.133. The van der Waals surface area contributed by atoms with Crippen LogP contribution >= 0.6 is 11.6 Å². The summed E-state index contributed by atoms with van der Waals surface area (Å²) in [5.74, 6) is -1.51. The van der Waals surface area contributed by atoms with E-state index in [9.17, 15) is 13.6 Å². The van der Waals surface area contributed by atoms with Crippen molar-refractivity contribution in [2.24, 2.45) is 0 Å². The van der Waals surface area contributed by atoms with Crippen molar-refractivity contribution in [3.05, 3.63) is 64.7 Å². The quantitative estimate of drug-likeness (QED) is 0.881. The summed E-state index contributed by atoms with van der Waals surface area (Å²) >= 11 is 5.85. The molecule has 3 nitrogen and oxygen atoms in total. The molecular formula is C15H13ClF2N2O. The van der Waals surface area contributed by atoms with Gasteiger partial charge in [0.05, 0.1) is 5.69 Å². The monoisotopic (exact) mass is 310 g/mol. The Morgan fingerprint density at radius 2 is 1.95 bits per heavy atom. The van der Waals surface area contributed by atoms with Crippen LogP contribution in [-0.2, 0) is 6.42 Å². The van der Waals surface area contributed by atoms with Gasteiger partial charge in [-0.2, -0.15) is 0 Å².